The Kier molecular flexibility index (Phi) is 8.42. The third kappa shape index (κ3) is 6.06. The van der Waals surface area contributed by atoms with Crippen molar-refractivity contribution in [3.8, 4) is 67.8 Å². The lowest BCUT2D eigenvalue weighted by molar-refractivity contribution is 1.07. The lowest BCUT2D eigenvalue weighted by atomic mass is 10.0. The number of hydrogen-bond donors (Lipinski definition) is 0. The average Bonchev–Trinajstić information content (AvgIpc) is 3.87. The molecule has 0 unspecified atom stereocenters. The average molecular weight is 792 g/mol. The standard InChI is InChI=1S/C57H37N5/c1-4-16-38(17-5-1)41-30-32-49-47-26-10-12-28-51(47)61(53(49)36-41)45-24-14-22-43(34-45)56-58-55(40-20-8-3-9-21-40)59-57(60-56)44-23-15-25-46(35-44)62-52-29-13-11-27-48(52)50-33-31-42(37-54(50)62)39-18-6-2-7-19-39/h1-37H. The second kappa shape index (κ2) is 14.7. The first-order valence-corrected chi connectivity index (χ1v) is 20.9. The number of fused-ring (bicyclic) bond motifs is 6. The lowest BCUT2D eigenvalue weighted by Crippen LogP contribution is -2.02. The van der Waals surface area contributed by atoms with Gasteiger partial charge in [0.25, 0.3) is 0 Å². The second-order valence-electron chi connectivity index (χ2n) is 15.7. The minimum absolute atomic E-state index is 0.608. The van der Waals surface area contributed by atoms with Gasteiger partial charge >= 0.3 is 0 Å². The third-order valence-electron chi connectivity index (χ3n) is 12.0. The van der Waals surface area contributed by atoms with E-state index in [1.807, 2.05) is 18.2 Å². The zero-order valence-corrected chi connectivity index (χ0v) is 33.6. The molecule has 3 heterocycles. The zero-order valence-electron chi connectivity index (χ0n) is 33.6. The molecular weight excluding hydrogens is 755 g/mol. The van der Waals surface area contributed by atoms with E-state index in [4.69, 9.17) is 15.0 Å². The van der Waals surface area contributed by atoms with Crippen LogP contribution in [0.15, 0.2) is 224 Å². The second-order valence-corrected chi connectivity index (χ2v) is 15.7. The van der Waals surface area contributed by atoms with Crippen molar-refractivity contribution in [2.24, 2.45) is 0 Å². The topological polar surface area (TPSA) is 48.5 Å². The number of para-hydroxylation sites is 2. The Morgan fingerprint density at radius 3 is 1.03 bits per heavy atom. The van der Waals surface area contributed by atoms with Gasteiger partial charge in [0.2, 0.25) is 0 Å². The summed E-state index contributed by atoms with van der Waals surface area (Å²) in [5, 5.41) is 4.83. The Morgan fingerprint density at radius 1 is 0.226 bits per heavy atom. The van der Waals surface area contributed by atoms with Gasteiger partial charge < -0.3 is 9.13 Å². The molecule has 0 saturated heterocycles. The van der Waals surface area contributed by atoms with Gasteiger partial charge in [0.1, 0.15) is 0 Å². The fourth-order valence-electron chi connectivity index (χ4n) is 9.04. The van der Waals surface area contributed by atoms with E-state index in [9.17, 15) is 0 Å². The molecule has 0 aliphatic heterocycles. The van der Waals surface area contributed by atoms with Gasteiger partial charge in [-0.05, 0) is 70.8 Å². The van der Waals surface area contributed by atoms with Crippen molar-refractivity contribution in [1.82, 2.24) is 24.1 Å². The van der Waals surface area contributed by atoms with Crippen molar-refractivity contribution in [3.05, 3.63) is 224 Å². The highest BCUT2D eigenvalue weighted by molar-refractivity contribution is 6.11. The molecule has 0 saturated carbocycles. The number of hydrogen-bond acceptors (Lipinski definition) is 3. The number of benzene rings is 9. The van der Waals surface area contributed by atoms with E-state index >= 15 is 0 Å². The van der Waals surface area contributed by atoms with Gasteiger partial charge in [-0.25, -0.2) is 15.0 Å². The summed E-state index contributed by atoms with van der Waals surface area (Å²) in [5.74, 6) is 1.84. The van der Waals surface area contributed by atoms with Crippen LogP contribution in [0.2, 0.25) is 0 Å². The van der Waals surface area contributed by atoms with E-state index in [-0.39, 0.29) is 0 Å². The van der Waals surface area contributed by atoms with E-state index in [0.29, 0.717) is 17.5 Å². The number of nitrogens with zero attached hydrogens (tertiary/aromatic N) is 5. The van der Waals surface area contributed by atoms with Crippen LogP contribution in [0, 0.1) is 0 Å². The summed E-state index contributed by atoms with van der Waals surface area (Å²) < 4.78 is 4.72. The summed E-state index contributed by atoms with van der Waals surface area (Å²) in [5.41, 5.74) is 14.1. The number of aromatic nitrogens is 5. The minimum atomic E-state index is 0.608. The predicted molar refractivity (Wildman–Crippen MR) is 256 cm³/mol. The summed E-state index contributed by atoms with van der Waals surface area (Å²) in [6.07, 6.45) is 0. The smallest absolute Gasteiger partial charge is 0.164 e. The third-order valence-corrected chi connectivity index (χ3v) is 12.0. The Bertz CT molecular complexity index is 3410. The normalized spacial score (nSPS) is 11.5. The quantitative estimate of drug-likeness (QED) is 0.162. The largest absolute Gasteiger partial charge is 0.309 e. The summed E-state index contributed by atoms with van der Waals surface area (Å²) in [7, 11) is 0. The lowest BCUT2D eigenvalue weighted by Gasteiger charge is -2.13. The molecule has 12 aromatic rings. The van der Waals surface area contributed by atoms with Gasteiger partial charge in [0.05, 0.1) is 22.1 Å². The van der Waals surface area contributed by atoms with Crippen molar-refractivity contribution in [1.29, 1.82) is 0 Å². The van der Waals surface area contributed by atoms with Crippen molar-refractivity contribution in [3.63, 3.8) is 0 Å². The van der Waals surface area contributed by atoms with E-state index < -0.39 is 0 Å². The Morgan fingerprint density at radius 2 is 0.581 bits per heavy atom. The van der Waals surface area contributed by atoms with Crippen molar-refractivity contribution in [2.45, 2.75) is 0 Å². The number of rotatable bonds is 7. The molecule has 0 atom stereocenters. The molecule has 0 bridgehead atoms. The maximum absolute atomic E-state index is 5.26. The van der Waals surface area contributed by atoms with Crippen LogP contribution in [0.5, 0.6) is 0 Å². The summed E-state index contributed by atoms with van der Waals surface area (Å²) in [6, 6.07) is 79.3. The maximum Gasteiger partial charge on any atom is 0.164 e. The molecule has 0 aliphatic rings. The molecule has 62 heavy (non-hydrogen) atoms. The van der Waals surface area contributed by atoms with Crippen LogP contribution < -0.4 is 0 Å². The fraction of sp³-hybridized carbons (Fsp3) is 0. The zero-order chi connectivity index (χ0) is 41.0. The van der Waals surface area contributed by atoms with Crippen LogP contribution in [0.3, 0.4) is 0 Å². The Labute approximate surface area is 358 Å². The molecule has 5 heteroatoms. The van der Waals surface area contributed by atoms with Gasteiger partial charge in [-0.15, -0.1) is 0 Å². The highest BCUT2D eigenvalue weighted by Crippen LogP contribution is 2.38. The molecule has 0 amide bonds. The highest BCUT2D eigenvalue weighted by atomic mass is 15.0. The molecule has 290 valence electrons. The van der Waals surface area contributed by atoms with Gasteiger partial charge in [0, 0.05) is 49.6 Å². The molecule has 0 radical (unpaired) electrons. The van der Waals surface area contributed by atoms with Gasteiger partial charge in [-0.1, -0.05) is 176 Å². The molecule has 12 rings (SSSR count). The first kappa shape index (κ1) is 35.5. The predicted octanol–water partition coefficient (Wildman–Crippen LogP) is 14.4. The SMILES string of the molecule is c1ccc(-c2ccc3c4ccccc4n(-c4cccc(-c5nc(-c6ccccc6)nc(-c6cccc(-n7c8ccccc8c8ccc(-c9ccccc9)cc87)c6)n5)c4)c3c2)cc1. The highest BCUT2D eigenvalue weighted by Gasteiger charge is 2.18. The van der Waals surface area contributed by atoms with E-state index in [1.165, 1.54) is 43.8 Å². The van der Waals surface area contributed by atoms with Gasteiger partial charge in [-0.2, -0.15) is 0 Å². The van der Waals surface area contributed by atoms with Crippen LogP contribution in [0.25, 0.3) is 111 Å². The van der Waals surface area contributed by atoms with Crippen molar-refractivity contribution >= 4 is 43.6 Å². The van der Waals surface area contributed by atoms with E-state index in [2.05, 4.69) is 215 Å². The molecule has 0 spiro atoms. The molecule has 0 N–H and O–H groups in total. The fourth-order valence-corrected chi connectivity index (χ4v) is 9.04. The first-order valence-electron chi connectivity index (χ1n) is 20.9. The van der Waals surface area contributed by atoms with Gasteiger partial charge in [0.15, 0.2) is 17.5 Å². The van der Waals surface area contributed by atoms with Crippen LogP contribution in [-0.2, 0) is 0 Å². The van der Waals surface area contributed by atoms with Crippen molar-refractivity contribution < 1.29 is 0 Å². The van der Waals surface area contributed by atoms with Gasteiger partial charge in [-0.3, -0.25) is 0 Å². The Balaban J connectivity index is 1.02. The van der Waals surface area contributed by atoms with Crippen LogP contribution in [0.4, 0.5) is 0 Å². The first-order chi connectivity index (χ1) is 30.7. The molecule has 3 aromatic heterocycles. The van der Waals surface area contributed by atoms with Crippen LogP contribution >= 0.6 is 0 Å². The summed E-state index contributed by atoms with van der Waals surface area (Å²) in [4.78, 5) is 15.6. The molecule has 9 aromatic carbocycles. The summed E-state index contributed by atoms with van der Waals surface area (Å²) in [6.45, 7) is 0. The van der Waals surface area contributed by atoms with E-state index in [1.54, 1.807) is 0 Å². The molecular formula is C57H37N5. The monoisotopic (exact) mass is 791 g/mol. The van der Waals surface area contributed by atoms with Crippen LogP contribution in [0.1, 0.15) is 0 Å². The van der Waals surface area contributed by atoms with Crippen LogP contribution in [-0.4, -0.2) is 24.1 Å². The molecule has 5 nitrogen and oxygen atoms in total. The Hall–Kier alpha value is -8.41. The molecule has 0 aliphatic carbocycles. The van der Waals surface area contributed by atoms with E-state index in [0.717, 1.165) is 50.1 Å². The summed E-state index contributed by atoms with van der Waals surface area (Å²) >= 11 is 0. The minimum Gasteiger partial charge on any atom is -0.309 e. The van der Waals surface area contributed by atoms with Crippen molar-refractivity contribution in [2.75, 3.05) is 0 Å². The maximum atomic E-state index is 5.26. The molecule has 0 fully saturated rings.